The molecule has 1 fully saturated rings. The van der Waals surface area contributed by atoms with Crippen LogP contribution in [0.25, 0.3) is 11.0 Å². The van der Waals surface area contributed by atoms with Crippen LogP contribution in [0.3, 0.4) is 0 Å². The summed E-state index contributed by atoms with van der Waals surface area (Å²) in [5.74, 6) is -1.27. The topological polar surface area (TPSA) is 64.3 Å². The van der Waals surface area contributed by atoms with Gasteiger partial charge in [-0.15, -0.1) is 0 Å². The van der Waals surface area contributed by atoms with Crippen LogP contribution in [0.4, 0.5) is 4.39 Å². The van der Waals surface area contributed by atoms with Crippen molar-refractivity contribution in [3.05, 3.63) is 17.9 Å². The number of carboxylic acid groups (broad SMARTS) is 1. The second-order valence-electron chi connectivity index (χ2n) is 5.38. The third-order valence-electron chi connectivity index (χ3n) is 3.74. The van der Waals surface area contributed by atoms with E-state index in [9.17, 15) is 9.18 Å². The Labute approximate surface area is 125 Å². The quantitative estimate of drug-likeness (QED) is 0.860. The summed E-state index contributed by atoms with van der Waals surface area (Å²) in [6, 6.07) is 2.97. The molecule has 1 aromatic carbocycles. The Balaban J connectivity index is 2.15. The zero-order valence-electron chi connectivity index (χ0n) is 11.7. The van der Waals surface area contributed by atoms with Crippen LogP contribution in [-0.2, 0) is 10.3 Å². The normalized spacial score (nSPS) is 16.1. The minimum absolute atomic E-state index is 0.0704. The minimum Gasteiger partial charge on any atom is -0.494 e. The van der Waals surface area contributed by atoms with Crippen LogP contribution in [0.2, 0.25) is 0 Å². The molecule has 0 unspecified atom stereocenters. The Morgan fingerprint density at radius 3 is 2.86 bits per heavy atom. The summed E-state index contributed by atoms with van der Waals surface area (Å²) < 4.78 is 20.9. The van der Waals surface area contributed by atoms with Gasteiger partial charge >= 0.3 is 5.97 Å². The van der Waals surface area contributed by atoms with Crippen molar-refractivity contribution in [2.75, 3.05) is 12.9 Å². The molecule has 5 nitrogen and oxygen atoms in total. The van der Waals surface area contributed by atoms with Crippen molar-refractivity contribution in [1.82, 2.24) is 9.55 Å². The summed E-state index contributed by atoms with van der Waals surface area (Å²) in [6.07, 6.45) is 2.00. The number of hydrogen-bond donors (Lipinski definition) is 1. The van der Waals surface area contributed by atoms with Gasteiger partial charge < -0.3 is 14.4 Å². The second kappa shape index (κ2) is 4.91. The van der Waals surface area contributed by atoms with Gasteiger partial charge in [0.1, 0.15) is 0 Å². The summed E-state index contributed by atoms with van der Waals surface area (Å²) in [7, 11) is 1.42. The lowest BCUT2D eigenvalue weighted by Crippen LogP contribution is -2.14. The van der Waals surface area contributed by atoms with Gasteiger partial charge in [-0.05, 0) is 19.8 Å². The number of carboxylic acids is 1. The highest BCUT2D eigenvalue weighted by molar-refractivity contribution is 7.99. The van der Waals surface area contributed by atoms with Crippen molar-refractivity contribution < 1.29 is 19.0 Å². The first-order valence-corrected chi connectivity index (χ1v) is 7.54. The molecule has 21 heavy (non-hydrogen) atoms. The van der Waals surface area contributed by atoms with Gasteiger partial charge in [0.25, 0.3) is 0 Å². The first kappa shape index (κ1) is 14.2. The number of ether oxygens (including phenoxy) is 1. The standard InChI is InChI=1S/C14H15FN2O3S/c1-14(3-4-14)17-10-6-11(20-2)8(15)5-9(10)16-13(17)21-7-12(18)19/h5-6H,3-4,7H2,1-2H3,(H,18,19). The second-order valence-corrected chi connectivity index (χ2v) is 6.33. The van der Waals surface area contributed by atoms with Gasteiger partial charge in [-0.2, -0.15) is 0 Å². The number of aromatic nitrogens is 2. The Morgan fingerprint density at radius 1 is 1.57 bits per heavy atom. The number of rotatable bonds is 5. The summed E-state index contributed by atoms with van der Waals surface area (Å²) in [5.41, 5.74) is 1.23. The first-order chi connectivity index (χ1) is 9.94. The van der Waals surface area contributed by atoms with Gasteiger partial charge in [0, 0.05) is 17.7 Å². The van der Waals surface area contributed by atoms with E-state index in [-0.39, 0.29) is 17.0 Å². The van der Waals surface area contributed by atoms with Crippen LogP contribution in [0.1, 0.15) is 19.8 Å². The third-order valence-corrected chi connectivity index (χ3v) is 4.66. The lowest BCUT2D eigenvalue weighted by molar-refractivity contribution is -0.133. The van der Waals surface area contributed by atoms with Crippen molar-refractivity contribution >= 4 is 28.8 Å². The number of carbonyl (C=O) groups is 1. The van der Waals surface area contributed by atoms with E-state index in [1.807, 2.05) is 4.57 Å². The number of imidazole rings is 1. The van der Waals surface area contributed by atoms with E-state index >= 15 is 0 Å². The predicted octanol–water partition coefficient (Wildman–Crippen LogP) is 2.87. The highest BCUT2D eigenvalue weighted by Gasteiger charge is 2.42. The monoisotopic (exact) mass is 310 g/mol. The van der Waals surface area contributed by atoms with E-state index < -0.39 is 11.8 Å². The number of nitrogens with zero attached hydrogens (tertiary/aromatic N) is 2. The maximum Gasteiger partial charge on any atom is 0.313 e. The maximum atomic E-state index is 13.8. The van der Waals surface area contributed by atoms with E-state index in [0.29, 0.717) is 10.7 Å². The summed E-state index contributed by atoms with van der Waals surface area (Å²) >= 11 is 1.16. The number of halogens is 1. The van der Waals surface area contributed by atoms with Crippen LogP contribution in [-0.4, -0.2) is 33.5 Å². The molecule has 0 atom stereocenters. The zero-order chi connectivity index (χ0) is 15.2. The highest BCUT2D eigenvalue weighted by atomic mass is 32.2. The molecule has 1 aliphatic carbocycles. The minimum atomic E-state index is -0.900. The van der Waals surface area contributed by atoms with E-state index in [2.05, 4.69) is 11.9 Å². The van der Waals surface area contributed by atoms with Crippen molar-refractivity contribution in [2.45, 2.75) is 30.5 Å². The lowest BCUT2D eigenvalue weighted by Gasteiger charge is -2.15. The third kappa shape index (κ3) is 2.46. The Bertz CT molecular complexity index is 725. The van der Waals surface area contributed by atoms with Gasteiger partial charge in [-0.3, -0.25) is 4.79 Å². The van der Waals surface area contributed by atoms with Crippen molar-refractivity contribution in [1.29, 1.82) is 0 Å². The van der Waals surface area contributed by atoms with Crippen LogP contribution in [0, 0.1) is 5.82 Å². The van der Waals surface area contributed by atoms with Gasteiger partial charge in [-0.25, -0.2) is 9.37 Å². The average molecular weight is 310 g/mol. The number of benzene rings is 1. The predicted molar refractivity (Wildman–Crippen MR) is 77.5 cm³/mol. The molecule has 1 aliphatic rings. The van der Waals surface area contributed by atoms with Gasteiger partial charge in [0.2, 0.25) is 0 Å². The van der Waals surface area contributed by atoms with Crippen LogP contribution in [0.15, 0.2) is 17.3 Å². The lowest BCUT2D eigenvalue weighted by atomic mass is 10.2. The van der Waals surface area contributed by atoms with Gasteiger partial charge in [0.05, 0.1) is 23.9 Å². The largest absolute Gasteiger partial charge is 0.494 e. The molecule has 112 valence electrons. The SMILES string of the molecule is COc1cc2c(cc1F)nc(SCC(=O)O)n2C1(C)CC1. The summed E-state index contributed by atoms with van der Waals surface area (Å²) in [6.45, 7) is 2.09. The fraction of sp³-hybridized carbons (Fsp3) is 0.429. The van der Waals surface area contributed by atoms with Crippen LogP contribution < -0.4 is 4.74 Å². The number of methoxy groups -OCH3 is 1. The van der Waals surface area contributed by atoms with Crippen molar-refractivity contribution in [3.63, 3.8) is 0 Å². The maximum absolute atomic E-state index is 13.8. The van der Waals surface area contributed by atoms with E-state index in [1.165, 1.54) is 13.2 Å². The molecule has 0 bridgehead atoms. The summed E-state index contributed by atoms with van der Waals surface area (Å²) in [4.78, 5) is 15.2. The molecule has 1 heterocycles. The molecule has 0 radical (unpaired) electrons. The molecule has 0 amide bonds. The zero-order valence-corrected chi connectivity index (χ0v) is 12.5. The van der Waals surface area contributed by atoms with Gasteiger partial charge in [-0.1, -0.05) is 11.8 Å². The van der Waals surface area contributed by atoms with E-state index in [4.69, 9.17) is 9.84 Å². The molecule has 2 aromatic rings. The smallest absolute Gasteiger partial charge is 0.313 e. The van der Waals surface area contributed by atoms with E-state index in [1.54, 1.807) is 6.07 Å². The molecule has 7 heteroatoms. The number of thioether (sulfide) groups is 1. The molecule has 0 spiro atoms. The van der Waals surface area contributed by atoms with Crippen LogP contribution in [0.5, 0.6) is 5.75 Å². The van der Waals surface area contributed by atoms with Crippen molar-refractivity contribution in [2.24, 2.45) is 0 Å². The Morgan fingerprint density at radius 2 is 2.29 bits per heavy atom. The van der Waals surface area contributed by atoms with E-state index in [0.717, 1.165) is 30.1 Å². The number of fused-ring (bicyclic) bond motifs is 1. The first-order valence-electron chi connectivity index (χ1n) is 6.56. The molecule has 1 saturated carbocycles. The molecular formula is C14H15FN2O3S. The fourth-order valence-electron chi connectivity index (χ4n) is 2.36. The number of aliphatic carboxylic acids is 1. The Kier molecular flexibility index (Phi) is 3.32. The molecule has 0 aliphatic heterocycles. The average Bonchev–Trinajstić information content (AvgIpc) is 3.06. The molecule has 1 N–H and O–H groups in total. The molecule has 0 saturated heterocycles. The van der Waals surface area contributed by atoms with Gasteiger partial charge in [0.15, 0.2) is 16.7 Å². The fourth-order valence-corrected chi connectivity index (χ4v) is 3.23. The number of hydrogen-bond acceptors (Lipinski definition) is 4. The molecular weight excluding hydrogens is 295 g/mol. The Hall–Kier alpha value is -1.76. The van der Waals surface area contributed by atoms with Crippen molar-refractivity contribution in [3.8, 4) is 5.75 Å². The molecule has 1 aromatic heterocycles. The molecule has 3 rings (SSSR count). The highest BCUT2D eigenvalue weighted by Crippen LogP contribution is 2.47. The summed E-state index contributed by atoms with van der Waals surface area (Å²) in [5, 5.41) is 9.46. The van der Waals surface area contributed by atoms with Crippen LogP contribution >= 0.6 is 11.8 Å².